The van der Waals surface area contributed by atoms with E-state index in [1.165, 1.54) is 11.3 Å². The molecule has 0 bridgehead atoms. The minimum atomic E-state index is -0.285. The molecule has 3 aromatic heterocycles. The number of thiazole rings is 1. The molecular weight excluding hydrogens is 362 g/mol. The van der Waals surface area contributed by atoms with Gasteiger partial charge >= 0.3 is 6.03 Å². The predicted octanol–water partition coefficient (Wildman–Crippen LogP) is 3.35. The van der Waals surface area contributed by atoms with Crippen LogP contribution in [0.15, 0.2) is 49.3 Å². The van der Waals surface area contributed by atoms with Gasteiger partial charge in [-0.2, -0.15) is 0 Å². The summed E-state index contributed by atoms with van der Waals surface area (Å²) < 4.78 is 0.912. The average Bonchev–Trinajstić information content (AvgIpc) is 3.11. The van der Waals surface area contributed by atoms with E-state index >= 15 is 0 Å². The number of carbonyl (C=O) groups is 1. The molecule has 0 atom stereocenters. The SMILES string of the molecule is CCNC(=O)Nc1nc2cc(-c3cnccn3)cc(-c3cnccn3)c2s1. The van der Waals surface area contributed by atoms with Gasteiger partial charge in [0, 0.05) is 42.5 Å². The summed E-state index contributed by atoms with van der Waals surface area (Å²) >= 11 is 1.39. The Morgan fingerprint density at radius 3 is 2.44 bits per heavy atom. The van der Waals surface area contributed by atoms with Crippen molar-refractivity contribution in [2.45, 2.75) is 6.92 Å². The summed E-state index contributed by atoms with van der Waals surface area (Å²) in [4.78, 5) is 33.5. The zero-order valence-electron chi connectivity index (χ0n) is 14.4. The third kappa shape index (κ3) is 3.58. The Labute approximate surface area is 158 Å². The third-order valence-corrected chi connectivity index (χ3v) is 4.77. The van der Waals surface area contributed by atoms with Crippen LogP contribution in [0.5, 0.6) is 0 Å². The minimum Gasteiger partial charge on any atom is -0.338 e. The van der Waals surface area contributed by atoms with Crippen molar-refractivity contribution in [3.63, 3.8) is 0 Å². The van der Waals surface area contributed by atoms with E-state index in [4.69, 9.17) is 0 Å². The highest BCUT2D eigenvalue weighted by molar-refractivity contribution is 7.22. The Balaban J connectivity index is 1.86. The number of nitrogens with zero attached hydrogens (tertiary/aromatic N) is 5. The fraction of sp³-hybridized carbons (Fsp3) is 0.111. The van der Waals surface area contributed by atoms with Crippen LogP contribution in [0.25, 0.3) is 32.7 Å². The van der Waals surface area contributed by atoms with Crippen LogP contribution in [0.3, 0.4) is 0 Å². The maximum atomic E-state index is 11.8. The Hall–Kier alpha value is -3.46. The van der Waals surface area contributed by atoms with Gasteiger partial charge in [0.1, 0.15) is 0 Å². The lowest BCUT2D eigenvalue weighted by Gasteiger charge is -2.05. The summed E-state index contributed by atoms with van der Waals surface area (Å²) in [6.07, 6.45) is 9.94. The number of urea groups is 1. The van der Waals surface area contributed by atoms with Crippen molar-refractivity contribution in [1.29, 1.82) is 0 Å². The zero-order chi connectivity index (χ0) is 18.6. The van der Waals surface area contributed by atoms with Gasteiger partial charge in [-0.25, -0.2) is 9.78 Å². The average molecular weight is 377 g/mol. The number of benzene rings is 1. The minimum absolute atomic E-state index is 0.285. The van der Waals surface area contributed by atoms with Gasteiger partial charge in [-0.3, -0.25) is 25.3 Å². The Kier molecular flexibility index (Phi) is 4.67. The molecule has 4 aromatic rings. The van der Waals surface area contributed by atoms with Crippen molar-refractivity contribution in [2.24, 2.45) is 0 Å². The molecule has 0 saturated heterocycles. The van der Waals surface area contributed by atoms with Crippen molar-refractivity contribution >= 4 is 32.7 Å². The lowest BCUT2D eigenvalue weighted by atomic mass is 10.1. The standard InChI is InChI=1S/C18H15N7OS/c1-2-21-17(26)25-18-24-13-8-11(14-9-19-3-5-22-14)7-12(16(13)27-18)15-10-20-4-6-23-15/h3-10H,2H2,1H3,(H2,21,24,25,26). The number of anilines is 1. The first-order valence-electron chi connectivity index (χ1n) is 8.27. The largest absolute Gasteiger partial charge is 0.338 e. The molecule has 2 N–H and O–H groups in total. The predicted molar refractivity (Wildman–Crippen MR) is 104 cm³/mol. The van der Waals surface area contributed by atoms with E-state index < -0.39 is 0 Å². The zero-order valence-corrected chi connectivity index (χ0v) is 15.2. The van der Waals surface area contributed by atoms with Gasteiger partial charge in [-0.1, -0.05) is 11.3 Å². The number of rotatable bonds is 4. The first-order chi connectivity index (χ1) is 13.2. The Morgan fingerprint density at radius 2 is 1.78 bits per heavy atom. The molecular formula is C18H15N7OS. The van der Waals surface area contributed by atoms with E-state index in [1.54, 1.807) is 37.2 Å². The monoisotopic (exact) mass is 377 g/mol. The molecule has 1 aromatic carbocycles. The number of fused-ring (bicyclic) bond motifs is 1. The maximum absolute atomic E-state index is 11.8. The van der Waals surface area contributed by atoms with E-state index in [1.807, 2.05) is 19.1 Å². The van der Waals surface area contributed by atoms with Crippen LogP contribution in [0.1, 0.15) is 6.92 Å². The molecule has 4 rings (SSSR count). The molecule has 9 heteroatoms. The molecule has 0 radical (unpaired) electrons. The van der Waals surface area contributed by atoms with Gasteiger partial charge in [0.25, 0.3) is 0 Å². The summed E-state index contributed by atoms with van der Waals surface area (Å²) in [5.74, 6) is 0. The highest BCUT2D eigenvalue weighted by atomic mass is 32.1. The van der Waals surface area contributed by atoms with Crippen molar-refractivity contribution in [1.82, 2.24) is 30.2 Å². The van der Waals surface area contributed by atoms with Crippen molar-refractivity contribution in [3.05, 3.63) is 49.3 Å². The summed E-state index contributed by atoms with van der Waals surface area (Å²) in [5.41, 5.74) is 3.95. The molecule has 0 unspecified atom stereocenters. The highest BCUT2D eigenvalue weighted by Gasteiger charge is 2.15. The van der Waals surface area contributed by atoms with Crippen molar-refractivity contribution < 1.29 is 4.79 Å². The molecule has 0 aliphatic rings. The van der Waals surface area contributed by atoms with Crippen LogP contribution in [-0.4, -0.2) is 37.5 Å². The molecule has 134 valence electrons. The first-order valence-corrected chi connectivity index (χ1v) is 9.08. The second-order valence-electron chi connectivity index (χ2n) is 5.56. The Bertz CT molecular complexity index is 1080. The summed E-state index contributed by atoms with van der Waals surface area (Å²) in [6.45, 7) is 2.40. The van der Waals surface area contributed by atoms with Crippen LogP contribution < -0.4 is 10.6 Å². The number of aromatic nitrogens is 5. The maximum Gasteiger partial charge on any atom is 0.321 e. The lowest BCUT2D eigenvalue weighted by molar-refractivity contribution is 0.252. The van der Waals surface area contributed by atoms with E-state index in [0.29, 0.717) is 11.7 Å². The molecule has 0 aliphatic carbocycles. The van der Waals surface area contributed by atoms with Crippen molar-refractivity contribution in [2.75, 3.05) is 11.9 Å². The molecule has 2 amide bonds. The molecule has 0 spiro atoms. The van der Waals surface area contributed by atoms with Gasteiger partial charge in [0.2, 0.25) is 0 Å². The van der Waals surface area contributed by atoms with E-state index in [2.05, 4.69) is 35.6 Å². The lowest BCUT2D eigenvalue weighted by Crippen LogP contribution is -2.28. The normalized spacial score (nSPS) is 10.7. The molecule has 8 nitrogen and oxygen atoms in total. The molecule has 0 saturated carbocycles. The van der Waals surface area contributed by atoms with Gasteiger partial charge in [-0.05, 0) is 19.1 Å². The van der Waals surface area contributed by atoms with Crippen LogP contribution in [0, 0.1) is 0 Å². The fourth-order valence-electron chi connectivity index (χ4n) is 2.61. The summed E-state index contributed by atoms with van der Waals surface area (Å²) in [7, 11) is 0. The van der Waals surface area contributed by atoms with Crippen molar-refractivity contribution in [3.8, 4) is 22.5 Å². The van der Waals surface area contributed by atoms with E-state index in [0.717, 1.165) is 32.7 Å². The van der Waals surface area contributed by atoms with Gasteiger partial charge < -0.3 is 5.32 Å². The number of amides is 2. The second-order valence-corrected chi connectivity index (χ2v) is 6.56. The summed E-state index contributed by atoms with van der Waals surface area (Å²) in [6, 6.07) is 3.63. The van der Waals surface area contributed by atoms with Gasteiger partial charge in [0.15, 0.2) is 5.13 Å². The number of nitrogens with one attached hydrogen (secondary N) is 2. The third-order valence-electron chi connectivity index (χ3n) is 3.75. The fourth-order valence-corrected chi connectivity index (χ4v) is 3.58. The molecule has 27 heavy (non-hydrogen) atoms. The van der Waals surface area contributed by atoms with Crippen LogP contribution in [0.4, 0.5) is 9.93 Å². The Morgan fingerprint density at radius 1 is 1.04 bits per heavy atom. The van der Waals surface area contributed by atoms with Crippen LogP contribution in [0.2, 0.25) is 0 Å². The summed E-state index contributed by atoms with van der Waals surface area (Å²) in [5, 5.41) is 5.97. The second kappa shape index (κ2) is 7.42. The highest BCUT2D eigenvalue weighted by Crippen LogP contribution is 2.37. The molecule has 3 heterocycles. The number of carbonyl (C=O) groups excluding carboxylic acids is 1. The molecule has 0 aliphatic heterocycles. The van der Waals surface area contributed by atoms with Gasteiger partial charge in [-0.15, -0.1) is 0 Å². The van der Waals surface area contributed by atoms with E-state index in [9.17, 15) is 4.79 Å². The number of hydrogen-bond donors (Lipinski definition) is 2. The van der Waals surface area contributed by atoms with Crippen LogP contribution >= 0.6 is 11.3 Å². The smallest absolute Gasteiger partial charge is 0.321 e. The topological polar surface area (TPSA) is 106 Å². The quantitative estimate of drug-likeness (QED) is 0.565. The van der Waals surface area contributed by atoms with E-state index in [-0.39, 0.29) is 6.03 Å². The first kappa shape index (κ1) is 17.0. The molecule has 0 fully saturated rings. The van der Waals surface area contributed by atoms with Crippen LogP contribution in [-0.2, 0) is 0 Å². The van der Waals surface area contributed by atoms with Gasteiger partial charge in [0.05, 0.1) is 34.0 Å². The number of hydrogen-bond acceptors (Lipinski definition) is 7.